The minimum atomic E-state index is -0.721. The SMILES string of the molecule is CCO/C=C(\C(=O)OCC)C(=O)c1ccccc1Cl.CSc1ncc(C(=O)c2ccccc2Cl)c(=O)[nH]1.NC(N)=S. The molecule has 0 saturated carbocycles. The van der Waals surface area contributed by atoms with E-state index in [0.29, 0.717) is 22.3 Å². The van der Waals surface area contributed by atoms with Crippen molar-refractivity contribution in [1.82, 2.24) is 9.97 Å². The number of ether oxygens (including phenoxy) is 2. The standard InChI is InChI=1S/C14H15ClO4.C12H9ClN2O2S.CH4N2S/c1-3-18-9-11(14(17)19-4-2)13(16)10-7-5-6-8-12(10)15;1-18-12-14-6-8(11(17)15-12)10(16)7-4-2-3-5-9(7)13;2-1(3)4/h5-9H,3-4H2,1-2H3;2-6H,1H3,(H,14,15,17);(H4,2,3,4)/b11-9-;;. The van der Waals surface area contributed by atoms with Crippen molar-refractivity contribution in [1.29, 1.82) is 0 Å². The van der Waals surface area contributed by atoms with E-state index in [2.05, 4.69) is 33.7 Å². The number of halogens is 2. The lowest BCUT2D eigenvalue weighted by molar-refractivity contribution is -0.138. The summed E-state index contributed by atoms with van der Waals surface area (Å²) in [6, 6.07) is 13.1. The molecule has 1 aromatic heterocycles. The van der Waals surface area contributed by atoms with Gasteiger partial charge in [0.1, 0.15) is 17.4 Å². The molecule has 3 aromatic rings. The van der Waals surface area contributed by atoms with Crippen LogP contribution in [0.2, 0.25) is 10.0 Å². The highest BCUT2D eigenvalue weighted by Gasteiger charge is 2.23. The van der Waals surface area contributed by atoms with Crippen molar-refractivity contribution >= 4 is 69.8 Å². The number of hydrogen-bond acceptors (Lipinski definition) is 9. The van der Waals surface area contributed by atoms with E-state index in [9.17, 15) is 19.2 Å². The number of benzene rings is 2. The van der Waals surface area contributed by atoms with Crippen molar-refractivity contribution in [3.05, 3.63) is 104 Å². The van der Waals surface area contributed by atoms with Crippen LogP contribution in [0.4, 0.5) is 0 Å². The number of Topliss-reactive ketones (excluding diaryl/α,β-unsaturated/α-hetero) is 1. The first-order chi connectivity index (χ1) is 19.5. The maximum atomic E-state index is 12.3. The summed E-state index contributed by atoms with van der Waals surface area (Å²) in [6.45, 7) is 3.94. The van der Waals surface area contributed by atoms with Gasteiger partial charge in [-0.1, -0.05) is 59.2 Å². The van der Waals surface area contributed by atoms with Crippen molar-refractivity contribution in [3.8, 4) is 0 Å². The number of H-pyrrole nitrogens is 1. The Labute approximate surface area is 256 Å². The molecule has 14 heteroatoms. The van der Waals surface area contributed by atoms with Gasteiger partial charge in [-0.15, -0.1) is 0 Å². The number of rotatable bonds is 9. The molecule has 10 nitrogen and oxygen atoms in total. The first-order valence-corrected chi connectivity index (χ1v) is 14.1. The highest BCUT2D eigenvalue weighted by atomic mass is 35.5. The van der Waals surface area contributed by atoms with E-state index < -0.39 is 23.1 Å². The fraction of sp³-hybridized carbons (Fsp3) is 0.185. The van der Waals surface area contributed by atoms with E-state index in [1.165, 1.54) is 18.0 Å². The summed E-state index contributed by atoms with van der Waals surface area (Å²) in [5.74, 6) is -1.67. The number of esters is 1. The number of nitrogens with zero attached hydrogens (tertiary/aromatic N) is 1. The van der Waals surface area contributed by atoms with Crippen LogP contribution in [-0.2, 0) is 14.3 Å². The van der Waals surface area contributed by atoms with Crippen LogP contribution in [0.1, 0.15) is 40.1 Å². The van der Waals surface area contributed by atoms with Crippen molar-refractivity contribution in [2.75, 3.05) is 19.5 Å². The van der Waals surface area contributed by atoms with Crippen LogP contribution in [0.15, 0.2) is 76.5 Å². The van der Waals surface area contributed by atoms with E-state index in [-0.39, 0.29) is 33.4 Å². The fourth-order valence-electron chi connectivity index (χ4n) is 2.79. The molecule has 0 fully saturated rings. The number of aromatic nitrogens is 2. The van der Waals surface area contributed by atoms with Crippen LogP contribution in [-0.4, -0.2) is 52.1 Å². The Kier molecular flexibility index (Phi) is 16.0. The summed E-state index contributed by atoms with van der Waals surface area (Å²) in [5, 5.41) is 1.06. The Balaban J connectivity index is 0.000000363. The van der Waals surface area contributed by atoms with Crippen molar-refractivity contribution in [2.45, 2.75) is 19.0 Å². The Morgan fingerprint density at radius 2 is 1.51 bits per heavy atom. The second kappa shape index (κ2) is 18.6. The summed E-state index contributed by atoms with van der Waals surface area (Å²) >= 11 is 17.3. The van der Waals surface area contributed by atoms with Gasteiger partial charge in [-0.3, -0.25) is 14.4 Å². The van der Waals surface area contributed by atoms with E-state index in [0.717, 1.165) is 6.26 Å². The molecule has 41 heavy (non-hydrogen) atoms. The smallest absolute Gasteiger partial charge is 0.345 e. The molecule has 5 N–H and O–H groups in total. The minimum absolute atomic E-state index is 0.000000000000000222. The largest absolute Gasteiger partial charge is 0.500 e. The molecule has 218 valence electrons. The van der Waals surface area contributed by atoms with Crippen LogP contribution < -0.4 is 17.0 Å². The Bertz CT molecular complexity index is 1460. The van der Waals surface area contributed by atoms with Crippen LogP contribution >= 0.6 is 47.2 Å². The topological polar surface area (TPSA) is 167 Å². The number of aromatic amines is 1. The normalized spacial score (nSPS) is 10.2. The molecule has 2 aromatic carbocycles. The summed E-state index contributed by atoms with van der Waals surface area (Å²) in [5.41, 5.74) is 9.13. The van der Waals surface area contributed by atoms with Crippen LogP contribution in [0.3, 0.4) is 0 Å². The molecular formula is C27H28Cl2N4O6S2. The van der Waals surface area contributed by atoms with Gasteiger partial charge in [0, 0.05) is 17.3 Å². The molecule has 0 unspecified atom stereocenters. The summed E-state index contributed by atoms with van der Waals surface area (Å²) in [7, 11) is 0. The molecule has 0 bridgehead atoms. The molecule has 0 amide bonds. The van der Waals surface area contributed by atoms with Crippen molar-refractivity contribution < 1.29 is 23.9 Å². The maximum Gasteiger partial charge on any atom is 0.345 e. The third kappa shape index (κ3) is 11.7. The van der Waals surface area contributed by atoms with Gasteiger partial charge in [-0.25, -0.2) is 9.78 Å². The zero-order valence-corrected chi connectivity index (χ0v) is 25.5. The fourth-order valence-corrected chi connectivity index (χ4v) is 3.59. The van der Waals surface area contributed by atoms with E-state index in [1.807, 2.05) is 0 Å². The number of carbonyl (C=O) groups is 3. The van der Waals surface area contributed by atoms with Gasteiger partial charge in [-0.05, 0) is 56.6 Å². The molecule has 1 heterocycles. The molecule has 0 atom stereocenters. The molecule has 0 radical (unpaired) electrons. The van der Waals surface area contributed by atoms with Gasteiger partial charge in [0.05, 0.1) is 23.3 Å². The Morgan fingerprint density at radius 3 is 1.98 bits per heavy atom. The predicted octanol–water partition coefficient (Wildman–Crippen LogP) is 4.57. The Hall–Kier alpha value is -3.71. The van der Waals surface area contributed by atoms with Crippen molar-refractivity contribution in [2.24, 2.45) is 11.5 Å². The van der Waals surface area contributed by atoms with E-state index in [1.54, 1.807) is 68.6 Å². The molecule has 3 rings (SSSR count). The zero-order chi connectivity index (χ0) is 30.9. The van der Waals surface area contributed by atoms with Gasteiger partial charge < -0.3 is 25.9 Å². The van der Waals surface area contributed by atoms with Gasteiger partial charge in [-0.2, -0.15) is 0 Å². The predicted molar refractivity (Wildman–Crippen MR) is 165 cm³/mol. The molecule has 0 saturated heterocycles. The summed E-state index contributed by atoms with van der Waals surface area (Å²) in [6.07, 6.45) is 4.17. The average Bonchev–Trinajstić information content (AvgIpc) is 2.93. The molecule has 0 aliphatic heterocycles. The molecular weight excluding hydrogens is 611 g/mol. The molecule has 0 aliphatic carbocycles. The van der Waals surface area contributed by atoms with E-state index >= 15 is 0 Å². The number of nitrogens with one attached hydrogen (secondary N) is 1. The molecule has 0 spiro atoms. The lowest BCUT2D eigenvalue weighted by Gasteiger charge is -2.07. The van der Waals surface area contributed by atoms with Crippen molar-refractivity contribution in [3.63, 3.8) is 0 Å². The molecule has 0 aliphatic rings. The van der Waals surface area contributed by atoms with Gasteiger partial charge >= 0.3 is 5.97 Å². The minimum Gasteiger partial charge on any atom is -0.500 e. The average molecular weight is 640 g/mol. The number of hydrogen-bond donors (Lipinski definition) is 3. The summed E-state index contributed by atoms with van der Waals surface area (Å²) < 4.78 is 9.85. The number of carbonyl (C=O) groups excluding carboxylic acids is 3. The number of nitrogens with two attached hydrogens (primary N) is 2. The van der Waals surface area contributed by atoms with Crippen LogP contribution in [0.25, 0.3) is 0 Å². The highest BCUT2D eigenvalue weighted by molar-refractivity contribution is 7.98. The lowest BCUT2D eigenvalue weighted by Crippen LogP contribution is -2.19. The van der Waals surface area contributed by atoms with Crippen LogP contribution in [0, 0.1) is 0 Å². The third-order valence-corrected chi connectivity index (χ3v) is 5.81. The Morgan fingerprint density at radius 1 is 0.976 bits per heavy atom. The number of thiocarbonyl (C=S) groups is 1. The number of ketones is 2. The second-order valence-corrected chi connectivity index (χ2v) is 9.44. The quantitative estimate of drug-likeness (QED) is 0.0345. The lowest BCUT2D eigenvalue weighted by atomic mass is 10.0. The first-order valence-electron chi connectivity index (χ1n) is 11.7. The maximum absolute atomic E-state index is 12.3. The monoisotopic (exact) mass is 638 g/mol. The van der Waals surface area contributed by atoms with Gasteiger partial charge in [0.2, 0.25) is 11.6 Å². The second-order valence-electron chi connectivity index (χ2n) is 7.36. The first kappa shape index (κ1) is 35.3. The summed E-state index contributed by atoms with van der Waals surface area (Å²) in [4.78, 5) is 54.4. The van der Waals surface area contributed by atoms with Crippen LogP contribution in [0.5, 0.6) is 0 Å². The highest BCUT2D eigenvalue weighted by Crippen LogP contribution is 2.20. The zero-order valence-electron chi connectivity index (χ0n) is 22.3. The van der Waals surface area contributed by atoms with Gasteiger partial charge in [0.15, 0.2) is 10.3 Å². The van der Waals surface area contributed by atoms with E-state index in [4.69, 9.17) is 32.7 Å². The number of thioether (sulfide) groups is 1. The van der Waals surface area contributed by atoms with Gasteiger partial charge in [0.25, 0.3) is 5.56 Å². The third-order valence-electron chi connectivity index (χ3n) is 4.56.